The van der Waals surface area contributed by atoms with E-state index in [1.54, 1.807) is 7.11 Å². The second-order valence-electron chi connectivity index (χ2n) is 6.25. The van der Waals surface area contributed by atoms with Crippen LogP contribution in [0, 0.1) is 5.92 Å². The van der Waals surface area contributed by atoms with Crippen LogP contribution in [0.5, 0.6) is 0 Å². The first-order valence-electron chi connectivity index (χ1n) is 9.44. The van der Waals surface area contributed by atoms with Gasteiger partial charge in [-0.2, -0.15) is 0 Å². The maximum atomic E-state index is 11.8. The number of carbonyl (C=O) groups excluding carboxylic acids is 2. The fourth-order valence-corrected chi connectivity index (χ4v) is 2.37. The monoisotopic (exact) mass is 344 g/mol. The van der Waals surface area contributed by atoms with E-state index in [9.17, 15) is 9.59 Å². The van der Waals surface area contributed by atoms with Gasteiger partial charge >= 0.3 is 11.9 Å². The molecule has 142 valence electrons. The summed E-state index contributed by atoms with van der Waals surface area (Å²) >= 11 is 0. The van der Waals surface area contributed by atoms with Crippen LogP contribution in [0.4, 0.5) is 0 Å². The summed E-state index contributed by atoms with van der Waals surface area (Å²) < 4.78 is 15.5. The van der Waals surface area contributed by atoms with E-state index < -0.39 is 0 Å². The molecule has 0 aromatic heterocycles. The average Bonchev–Trinajstić information content (AvgIpc) is 2.58. The Bertz CT molecular complexity index is 309. The van der Waals surface area contributed by atoms with E-state index in [0.717, 1.165) is 51.4 Å². The lowest BCUT2D eigenvalue weighted by molar-refractivity contribution is -0.145. The van der Waals surface area contributed by atoms with Gasteiger partial charge in [0.2, 0.25) is 0 Å². The summed E-state index contributed by atoms with van der Waals surface area (Å²) in [6.45, 7) is 5.83. The van der Waals surface area contributed by atoms with Crippen LogP contribution in [0.3, 0.4) is 0 Å². The van der Waals surface area contributed by atoms with Crippen LogP contribution in [-0.2, 0) is 23.8 Å². The Labute approximate surface area is 147 Å². The minimum Gasteiger partial charge on any atom is -0.466 e. The first kappa shape index (κ1) is 22.9. The smallest absolute Gasteiger partial charge is 0.305 e. The van der Waals surface area contributed by atoms with E-state index in [-0.39, 0.29) is 11.9 Å². The maximum absolute atomic E-state index is 11.8. The summed E-state index contributed by atoms with van der Waals surface area (Å²) in [4.78, 5) is 23.1. The minimum absolute atomic E-state index is 0.137. The SMILES string of the molecule is CCCCC(CCOC)COC(=O)CCCCCC(=O)OCCC. The minimum atomic E-state index is -0.142. The third kappa shape index (κ3) is 14.5. The molecule has 0 saturated carbocycles. The molecule has 5 nitrogen and oxygen atoms in total. The molecule has 0 rings (SSSR count). The van der Waals surface area contributed by atoms with Crippen molar-refractivity contribution in [2.75, 3.05) is 26.9 Å². The van der Waals surface area contributed by atoms with E-state index in [2.05, 4.69) is 6.92 Å². The summed E-state index contributed by atoms with van der Waals surface area (Å²) in [5.41, 5.74) is 0. The molecule has 0 aliphatic heterocycles. The molecule has 0 aliphatic carbocycles. The predicted octanol–water partition coefficient (Wildman–Crippen LogP) is 4.28. The van der Waals surface area contributed by atoms with Crippen molar-refractivity contribution in [1.29, 1.82) is 0 Å². The molecule has 5 heteroatoms. The average molecular weight is 344 g/mol. The fourth-order valence-electron chi connectivity index (χ4n) is 2.37. The number of methoxy groups -OCH3 is 1. The van der Waals surface area contributed by atoms with Gasteiger partial charge in [-0.1, -0.05) is 33.1 Å². The molecule has 0 saturated heterocycles. The largest absolute Gasteiger partial charge is 0.466 e. The lowest BCUT2D eigenvalue weighted by Gasteiger charge is -2.16. The second kappa shape index (κ2) is 16.7. The van der Waals surface area contributed by atoms with Crippen molar-refractivity contribution in [3.8, 4) is 0 Å². The summed E-state index contributed by atoms with van der Waals surface area (Å²) in [7, 11) is 1.70. The number of carbonyl (C=O) groups is 2. The van der Waals surface area contributed by atoms with Crippen molar-refractivity contribution in [3.05, 3.63) is 0 Å². The summed E-state index contributed by atoms with van der Waals surface area (Å²) in [5, 5.41) is 0. The molecule has 24 heavy (non-hydrogen) atoms. The highest BCUT2D eigenvalue weighted by Gasteiger charge is 2.12. The molecule has 0 fully saturated rings. The molecular weight excluding hydrogens is 308 g/mol. The molecule has 0 aromatic carbocycles. The Morgan fingerprint density at radius 2 is 1.46 bits per heavy atom. The van der Waals surface area contributed by atoms with Crippen molar-refractivity contribution < 1.29 is 23.8 Å². The predicted molar refractivity (Wildman–Crippen MR) is 94.8 cm³/mol. The third-order valence-electron chi connectivity index (χ3n) is 3.91. The van der Waals surface area contributed by atoms with Gasteiger partial charge in [-0.3, -0.25) is 9.59 Å². The molecule has 0 N–H and O–H groups in total. The van der Waals surface area contributed by atoms with Gasteiger partial charge in [0.1, 0.15) is 0 Å². The van der Waals surface area contributed by atoms with Gasteiger partial charge in [0.25, 0.3) is 0 Å². The van der Waals surface area contributed by atoms with Crippen molar-refractivity contribution in [3.63, 3.8) is 0 Å². The van der Waals surface area contributed by atoms with E-state index in [1.165, 1.54) is 0 Å². The zero-order valence-corrected chi connectivity index (χ0v) is 15.8. The Morgan fingerprint density at radius 3 is 2.04 bits per heavy atom. The van der Waals surface area contributed by atoms with Crippen molar-refractivity contribution in [2.24, 2.45) is 5.92 Å². The van der Waals surface area contributed by atoms with Crippen LogP contribution in [-0.4, -0.2) is 38.9 Å². The summed E-state index contributed by atoms with van der Waals surface area (Å²) in [6, 6.07) is 0. The summed E-state index contributed by atoms with van der Waals surface area (Å²) in [5.74, 6) is 0.112. The van der Waals surface area contributed by atoms with E-state index in [4.69, 9.17) is 14.2 Å². The van der Waals surface area contributed by atoms with Crippen LogP contribution in [0.15, 0.2) is 0 Å². The lowest BCUT2D eigenvalue weighted by atomic mass is 10.00. The third-order valence-corrected chi connectivity index (χ3v) is 3.91. The molecule has 0 spiro atoms. The molecule has 0 heterocycles. The van der Waals surface area contributed by atoms with Gasteiger partial charge in [0.05, 0.1) is 13.2 Å². The van der Waals surface area contributed by atoms with Crippen molar-refractivity contribution in [2.45, 2.75) is 78.1 Å². The molecule has 0 aliphatic rings. The van der Waals surface area contributed by atoms with Gasteiger partial charge in [-0.15, -0.1) is 0 Å². The van der Waals surface area contributed by atoms with Crippen LogP contribution in [0.2, 0.25) is 0 Å². The van der Waals surface area contributed by atoms with Gasteiger partial charge in [0, 0.05) is 26.6 Å². The quantitative estimate of drug-likeness (QED) is 0.309. The van der Waals surface area contributed by atoms with Crippen LogP contribution in [0.25, 0.3) is 0 Å². The molecule has 0 bridgehead atoms. The highest BCUT2D eigenvalue weighted by molar-refractivity contribution is 5.69. The first-order chi connectivity index (χ1) is 11.6. The number of rotatable bonds is 16. The Balaban J connectivity index is 3.70. The van der Waals surface area contributed by atoms with Gasteiger partial charge in [0.15, 0.2) is 0 Å². The molecule has 0 amide bonds. The van der Waals surface area contributed by atoms with E-state index in [1.807, 2.05) is 6.92 Å². The topological polar surface area (TPSA) is 61.8 Å². The number of unbranched alkanes of at least 4 members (excludes halogenated alkanes) is 3. The number of ether oxygens (including phenoxy) is 3. The Hall–Kier alpha value is -1.10. The van der Waals surface area contributed by atoms with Gasteiger partial charge in [-0.25, -0.2) is 0 Å². The Morgan fingerprint density at radius 1 is 0.792 bits per heavy atom. The Kier molecular flexibility index (Phi) is 16.0. The number of hydrogen-bond acceptors (Lipinski definition) is 5. The maximum Gasteiger partial charge on any atom is 0.305 e. The number of hydrogen-bond donors (Lipinski definition) is 0. The molecule has 1 unspecified atom stereocenters. The van der Waals surface area contributed by atoms with Crippen LogP contribution < -0.4 is 0 Å². The zero-order valence-electron chi connectivity index (χ0n) is 15.8. The van der Waals surface area contributed by atoms with Crippen molar-refractivity contribution >= 4 is 11.9 Å². The van der Waals surface area contributed by atoms with Crippen LogP contribution >= 0.6 is 0 Å². The second-order valence-corrected chi connectivity index (χ2v) is 6.25. The van der Waals surface area contributed by atoms with E-state index in [0.29, 0.717) is 38.6 Å². The number of esters is 2. The molecule has 1 atom stereocenters. The zero-order chi connectivity index (χ0) is 18.0. The van der Waals surface area contributed by atoms with Gasteiger partial charge < -0.3 is 14.2 Å². The fraction of sp³-hybridized carbons (Fsp3) is 0.895. The molecule has 0 radical (unpaired) electrons. The lowest BCUT2D eigenvalue weighted by Crippen LogP contribution is -2.16. The van der Waals surface area contributed by atoms with Crippen LogP contribution in [0.1, 0.15) is 78.1 Å². The highest BCUT2D eigenvalue weighted by Crippen LogP contribution is 2.14. The first-order valence-corrected chi connectivity index (χ1v) is 9.44. The summed E-state index contributed by atoms with van der Waals surface area (Å²) in [6.07, 6.45) is 8.40. The highest BCUT2D eigenvalue weighted by atomic mass is 16.5. The van der Waals surface area contributed by atoms with E-state index >= 15 is 0 Å². The van der Waals surface area contributed by atoms with Gasteiger partial charge in [-0.05, 0) is 38.0 Å². The van der Waals surface area contributed by atoms with Crippen molar-refractivity contribution in [1.82, 2.24) is 0 Å². The normalized spacial score (nSPS) is 12.0. The standard InChI is InChI=1S/C19H36O5/c1-4-6-10-17(13-15-22-3)16-24-19(21)12-9-7-8-11-18(20)23-14-5-2/h17H,4-16H2,1-3H3. The molecular formula is C19H36O5. The molecule has 0 aromatic rings.